The SMILES string of the molecule is C#CCNC(=O)c1ccc2nc(-c3ccccc3)c(CN(CC)C3CCCCC3)n2c1. The van der Waals surface area contributed by atoms with E-state index in [1.807, 2.05) is 36.5 Å². The lowest BCUT2D eigenvalue weighted by molar-refractivity contribution is 0.0958. The molecule has 31 heavy (non-hydrogen) atoms. The van der Waals surface area contributed by atoms with Crippen LogP contribution in [0.5, 0.6) is 0 Å². The molecule has 4 rings (SSSR count). The third-order valence-corrected chi connectivity index (χ3v) is 6.23. The van der Waals surface area contributed by atoms with E-state index in [2.05, 4.69) is 39.6 Å². The topological polar surface area (TPSA) is 49.6 Å². The monoisotopic (exact) mass is 414 g/mol. The van der Waals surface area contributed by atoms with Gasteiger partial charge >= 0.3 is 0 Å². The van der Waals surface area contributed by atoms with Crippen molar-refractivity contribution in [2.45, 2.75) is 51.6 Å². The largest absolute Gasteiger partial charge is 0.341 e. The molecule has 0 bridgehead atoms. The molecular formula is C26H30N4O. The Morgan fingerprint density at radius 1 is 1.19 bits per heavy atom. The molecule has 2 aromatic heterocycles. The average Bonchev–Trinajstić information content (AvgIpc) is 3.19. The number of aromatic nitrogens is 2. The first kappa shape index (κ1) is 21.1. The highest BCUT2D eigenvalue weighted by atomic mass is 16.1. The molecular weight excluding hydrogens is 384 g/mol. The Bertz CT molecular complexity index is 1070. The standard InChI is InChI=1S/C26H30N4O/c1-3-17-27-26(31)21-15-16-24-28-25(20-11-7-5-8-12-20)23(30(24)18-21)19-29(4-2)22-13-9-6-10-14-22/h1,5,7-8,11-12,15-16,18,22H,4,6,9-10,13-14,17,19H2,2H3,(H,27,31). The van der Waals surface area contributed by atoms with Gasteiger partial charge in [0.25, 0.3) is 5.91 Å². The van der Waals surface area contributed by atoms with Crippen LogP contribution in [0.3, 0.4) is 0 Å². The zero-order chi connectivity index (χ0) is 21.6. The summed E-state index contributed by atoms with van der Waals surface area (Å²) in [5.41, 5.74) is 4.64. The van der Waals surface area contributed by atoms with Crippen molar-refractivity contribution in [3.05, 3.63) is 59.9 Å². The second kappa shape index (κ2) is 9.80. The number of hydrogen-bond acceptors (Lipinski definition) is 3. The number of carbonyl (C=O) groups is 1. The van der Waals surface area contributed by atoms with E-state index >= 15 is 0 Å². The quantitative estimate of drug-likeness (QED) is 0.579. The average molecular weight is 415 g/mol. The van der Waals surface area contributed by atoms with Crippen LogP contribution < -0.4 is 5.32 Å². The van der Waals surface area contributed by atoms with Gasteiger partial charge in [-0.15, -0.1) is 6.42 Å². The van der Waals surface area contributed by atoms with Gasteiger partial charge in [-0.05, 0) is 31.5 Å². The van der Waals surface area contributed by atoms with Crippen molar-refractivity contribution in [2.24, 2.45) is 0 Å². The number of terminal acetylenes is 1. The fourth-order valence-corrected chi connectivity index (χ4v) is 4.58. The number of imidazole rings is 1. The second-order valence-electron chi connectivity index (χ2n) is 8.16. The van der Waals surface area contributed by atoms with Crippen molar-refractivity contribution in [3.63, 3.8) is 0 Å². The molecule has 0 aliphatic heterocycles. The van der Waals surface area contributed by atoms with Crippen LogP contribution >= 0.6 is 0 Å². The van der Waals surface area contributed by atoms with Gasteiger partial charge in [-0.3, -0.25) is 9.69 Å². The number of amides is 1. The van der Waals surface area contributed by atoms with Gasteiger partial charge < -0.3 is 9.72 Å². The summed E-state index contributed by atoms with van der Waals surface area (Å²) in [4.78, 5) is 20.0. The summed E-state index contributed by atoms with van der Waals surface area (Å²) in [6.45, 7) is 4.25. The minimum absolute atomic E-state index is 0.166. The lowest BCUT2D eigenvalue weighted by Crippen LogP contribution is -2.36. The fourth-order valence-electron chi connectivity index (χ4n) is 4.58. The van der Waals surface area contributed by atoms with E-state index in [9.17, 15) is 4.79 Å². The zero-order valence-corrected chi connectivity index (χ0v) is 18.2. The zero-order valence-electron chi connectivity index (χ0n) is 18.2. The van der Waals surface area contributed by atoms with E-state index in [4.69, 9.17) is 11.4 Å². The molecule has 1 N–H and O–H groups in total. The van der Waals surface area contributed by atoms with Crippen molar-refractivity contribution in [1.82, 2.24) is 19.6 Å². The highest BCUT2D eigenvalue weighted by molar-refractivity contribution is 5.94. The summed E-state index contributed by atoms with van der Waals surface area (Å²) in [7, 11) is 0. The van der Waals surface area contributed by atoms with Crippen LogP contribution in [0, 0.1) is 12.3 Å². The molecule has 1 fully saturated rings. The minimum Gasteiger partial charge on any atom is -0.341 e. The van der Waals surface area contributed by atoms with E-state index in [-0.39, 0.29) is 12.5 Å². The van der Waals surface area contributed by atoms with E-state index in [1.54, 1.807) is 0 Å². The predicted octanol–water partition coefficient (Wildman–Crippen LogP) is 4.52. The Labute approximate surface area is 184 Å². The highest BCUT2D eigenvalue weighted by Gasteiger charge is 2.24. The van der Waals surface area contributed by atoms with Crippen LogP contribution in [-0.2, 0) is 6.54 Å². The Balaban J connectivity index is 1.76. The van der Waals surface area contributed by atoms with Gasteiger partial charge in [-0.2, -0.15) is 0 Å². The summed E-state index contributed by atoms with van der Waals surface area (Å²) >= 11 is 0. The number of rotatable bonds is 7. The second-order valence-corrected chi connectivity index (χ2v) is 8.16. The lowest BCUT2D eigenvalue weighted by atomic mass is 9.94. The fraction of sp³-hybridized carbons (Fsp3) is 0.385. The minimum atomic E-state index is -0.166. The van der Waals surface area contributed by atoms with Gasteiger partial charge in [0, 0.05) is 24.3 Å². The smallest absolute Gasteiger partial charge is 0.253 e. The van der Waals surface area contributed by atoms with Gasteiger partial charge in [0.1, 0.15) is 5.65 Å². The van der Waals surface area contributed by atoms with Gasteiger partial charge in [-0.1, -0.05) is 62.4 Å². The van der Waals surface area contributed by atoms with Crippen LogP contribution in [0.2, 0.25) is 0 Å². The number of fused-ring (bicyclic) bond motifs is 1. The Hall–Kier alpha value is -3.10. The number of nitrogens with zero attached hydrogens (tertiary/aromatic N) is 3. The van der Waals surface area contributed by atoms with E-state index in [1.165, 1.54) is 32.1 Å². The Morgan fingerprint density at radius 3 is 2.68 bits per heavy atom. The van der Waals surface area contributed by atoms with Gasteiger partial charge in [0.15, 0.2) is 0 Å². The number of carbonyl (C=O) groups excluding carboxylic acids is 1. The van der Waals surface area contributed by atoms with Crippen molar-refractivity contribution in [1.29, 1.82) is 0 Å². The molecule has 3 aromatic rings. The van der Waals surface area contributed by atoms with Crippen LogP contribution in [-0.4, -0.2) is 39.3 Å². The van der Waals surface area contributed by atoms with Gasteiger partial charge in [0.05, 0.1) is 23.5 Å². The first-order valence-electron chi connectivity index (χ1n) is 11.2. The maximum atomic E-state index is 12.5. The molecule has 0 atom stereocenters. The number of benzene rings is 1. The third kappa shape index (κ3) is 4.65. The maximum Gasteiger partial charge on any atom is 0.253 e. The van der Waals surface area contributed by atoms with E-state index in [0.717, 1.165) is 35.7 Å². The predicted molar refractivity (Wildman–Crippen MR) is 125 cm³/mol. The maximum absolute atomic E-state index is 12.5. The Morgan fingerprint density at radius 2 is 1.97 bits per heavy atom. The molecule has 1 aromatic carbocycles. The van der Waals surface area contributed by atoms with E-state index < -0.39 is 0 Å². The summed E-state index contributed by atoms with van der Waals surface area (Å²) in [5, 5.41) is 2.76. The van der Waals surface area contributed by atoms with Crippen LogP contribution in [0.1, 0.15) is 55.1 Å². The third-order valence-electron chi connectivity index (χ3n) is 6.23. The van der Waals surface area contributed by atoms with E-state index in [0.29, 0.717) is 11.6 Å². The van der Waals surface area contributed by atoms with Crippen LogP contribution in [0.25, 0.3) is 16.9 Å². The molecule has 0 spiro atoms. The van der Waals surface area contributed by atoms with Gasteiger partial charge in [-0.25, -0.2) is 4.98 Å². The van der Waals surface area contributed by atoms with Crippen LogP contribution in [0.15, 0.2) is 48.7 Å². The molecule has 0 saturated heterocycles. The molecule has 0 radical (unpaired) electrons. The Kier molecular flexibility index (Phi) is 6.69. The van der Waals surface area contributed by atoms with Crippen molar-refractivity contribution >= 4 is 11.6 Å². The van der Waals surface area contributed by atoms with Crippen molar-refractivity contribution in [2.75, 3.05) is 13.1 Å². The molecule has 1 saturated carbocycles. The normalized spacial score (nSPS) is 14.6. The molecule has 5 heteroatoms. The molecule has 1 aliphatic carbocycles. The molecule has 5 nitrogen and oxygen atoms in total. The lowest BCUT2D eigenvalue weighted by Gasteiger charge is -2.33. The summed E-state index contributed by atoms with van der Waals surface area (Å²) in [5.74, 6) is 2.29. The number of pyridine rings is 1. The molecule has 1 amide bonds. The number of hydrogen-bond donors (Lipinski definition) is 1. The summed E-state index contributed by atoms with van der Waals surface area (Å²) < 4.78 is 2.08. The van der Waals surface area contributed by atoms with Crippen molar-refractivity contribution < 1.29 is 4.79 Å². The molecule has 0 unspecified atom stereocenters. The highest BCUT2D eigenvalue weighted by Crippen LogP contribution is 2.29. The first-order chi connectivity index (χ1) is 15.2. The van der Waals surface area contributed by atoms with Crippen LogP contribution in [0.4, 0.5) is 0 Å². The van der Waals surface area contributed by atoms with Gasteiger partial charge in [0.2, 0.25) is 0 Å². The molecule has 2 heterocycles. The molecule has 160 valence electrons. The van der Waals surface area contributed by atoms with Crippen molar-refractivity contribution in [3.8, 4) is 23.6 Å². The summed E-state index contributed by atoms with van der Waals surface area (Å²) in [6.07, 6.45) is 13.6. The molecule has 1 aliphatic rings. The summed E-state index contributed by atoms with van der Waals surface area (Å²) in [6, 6.07) is 14.6. The number of nitrogens with one attached hydrogen (secondary N) is 1. The first-order valence-corrected chi connectivity index (χ1v) is 11.2.